The summed E-state index contributed by atoms with van der Waals surface area (Å²) in [5, 5.41) is 3.63. The summed E-state index contributed by atoms with van der Waals surface area (Å²) >= 11 is 0. The third kappa shape index (κ3) is 3.57. The molecule has 0 saturated carbocycles. The first-order valence-electron chi connectivity index (χ1n) is 7.35. The van der Waals surface area contributed by atoms with E-state index in [1.165, 1.54) is 5.69 Å². The molecule has 2 rings (SSSR count). The molecule has 4 heteroatoms. The van der Waals surface area contributed by atoms with Crippen molar-refractivity contribution in [2.24, 2.45) is 5.92 Å². The van der Waals surface area contributed by atoms with Gasteiger partial charge in [-0.25, -0.2) is 0 Å². The molecule has 0 bridgehead atoms. The van der Waals surface area contributed by atoms with Crippen LogP contribution in [0.15, 0.2) is 18.2 Å². The van der Waals surface area contributed by atoms with E-state index in [1.54, 1.807) is 14.2 Å². The summed E-state index contributed by atoms with van der Waals surface area (Å²) in [6, 6.07) is 6.62. The van der Waals surface area contributed by atoms with Gasteiger partial charge in [0.25, 0.3) is 0 Å². The van der Waals surface area contributed by atoms with Gasteiger partial charge < -0.3 is 19.7 Å². The van der Waals surface area contributed by atoms with E-state index >= 15 is 0 Å². The van der Waals surface area contributed by atoms with Crippen LogP contribution < -0.4 is 19.7 Å². The fourth-order valence-electron chi connectivity index (χ4n) is 2.61. The molecule has 1 atom stereocenters. The fraction of sp³-hybridized carbons (Fsp3) is 0.625. The smallest absolute Gasteiger partial charge is 0.124 e. The Kier molecular flexibility index (Phi) is 5.12. The van der Waals surface area contributed by atoms with Crippen molar-refractivity contribution < 1.29 is 9.47 Å². The largest absolute Gasteiger partial charge is 0.497 e. The number of ether oxygens (including phenoxy) is 2. The van der Waals surface area contributed by atoms with Gasteiger partial charge in [-0.3, -0.25) is 0 Å². The summed E-state index contributed by atoms with van der Waals surface area (Å²) in [4.78, 5) is 2.43. The molecular weight excluding hydrogens is 252 g/mol. The van der Waals surface area contributed by atoms with Crippen molar-refractivity contribution in [3.8, 4) is 11.5 Å². The molecule has 0 radical (unpaired) electrons. The molecule has 1 saturated heterocycles. The maximum absolute atomic E-state index is 5.37. The van der Waals surface area contributed by atoms with Crippen molar-refractivity contribution in [1.82, 2.24) is 5.32 Å². The van der Waals surface area contributed by atoms with Crippen LogP contribution in [0.5, 0.6) is 11.5 Å². The van der Waals surface area contributed by atoms with Crippen molar-refractivity contribution in [3.63, 3.8) is 0 Å². The third-order valence-corrected chi connectivity index (χ3v) is 3.93. The van der Waals surface area contributed by atoms with Crippen LogP contribution in [0.4, 0.5) is 5.69 Å². The lowest BCUT2D eigenvalue weighted by Crippen LogP contribution is -2.41. The Labute approximate surface area is 122 Å². The molecule has 1 aromatic carbocycles. The van der Waals surface area contributed by atoms with Gasteiger partial charge in [-0.2, -0.15) is 0 Å². The fourth-order valence-corrected chi connectivity index (χ4v) is 2.61. The predicted molar refractivity (Wildman–Crippen MR) is 83.0 cm³/mol. The summed E-state index contributed by atoms with van der Waals surface area (Å²) in [5.74, 6) is 2.32. The molecule has 1 heterocycles. The molecule has 1 aliphatic rings. The minimum atomic E-state index is 0.523. The van der Waals surface area contributed by atoms with Gasteiger partial charge in [-0.1, -0.05) is 13.8 Å². The normalized spacial score (nSPS) is 19.9. The van der Waals surface area contributed by atoms with Crippen LogP contribution in [-0.2, 0) is 0 Å². The van der Waals surface area contributed by atoms with E-state index in [0.29, 0.717) is 12.0 Å². The second kappa shape index (κ2) is 6.84. The highest BCUT2D eigenvalue weighted by Gasteiger charge is 2.21. The maximum atomic E-state index is 5.37. The molecular formula is C16H26N2O2. The first-order valence-corrected chi connectivity index (χ1v) is 7.35. The van der Waals surface area contributed by atoms with E-state index in [2.05, 4.69) is 36.2 Å². The Morgan fingerprint density at radius 1 is 1.15 bits per heavy atom. The number of rotatable bonds is 4. The van der Waals surface area contributed by atoms with Crippen LogP contribution >= 0.6 is 0 Å². The standard InChI is InChI=1S/C16H26N2O2/c1-12(2)16-11-18(7-5-6-17-16)13-8-14(19-3)10-15(9-13)20-4/h8-10,12,16-17H,5-7,11H2,1-4H3. The Bertz CT molecular complexity index is 412. The molecule has 1 N–H and O–H groups in total. The number of nitrogens with one attached hydrogen (secondary N) is 1. The molecule has 20 heavy (non-hydrogen) atoms. The highest BCUT2D eigenvalue weighted by molar-refractivity contribution is 5.56. The maximum Gasteiger partial charge on any atom is 0.124 e. The SMILES string of the molecule is COc1cc(OC)cc(N2CCCNC(C(C)C)C2)c1. The van der Waals surface area contributed by atoms with E-state index in [-0.39, 0.29) is 0 Å². The average Bonchev–Trinajstić information content (AvgIpc) is 2.72. The van der Waals surface area contributed by atoms with Crippen LogP contribution in [0.3, 0.4) is 0 Å². The Morgan fingerprint density at radius 2 is 1.80 bits per heavy atom. The van der Waals surface area contributed by atoms with Crippen molar-refractivity contribution >= 4 is 5.69 Å². The number of methoxy groups -OCH3 is 2. The van der Waals surface area contributed by atoms with Crippen LogP contribution in [0.1, 0.15) is 20.3 Å². The molecule has 112 valence electrons. The van der Waals surface area contributed by atoms with Crippen molar-refractivity contribution in [3.05, 3.63) is 18.2 Å². The van der Waals surface area contributed by atoms with Crippen molar-refractivity contribution in [2.75, 3.05) is 38.8 Å². The number of nitrogens with zero attached hydrogens (tertiary/aromatic N) is 1. The van der Waals surface area contributed by atoms with Crippen molar-refractivity contribution in [1.29, 1.82) is 0 Å². The summed E-state index contributed by atoms with van der Waals surface area (Å²) in [5.41, 5.74) is 1.18. The second-order valence-corrected chi connectivity index (χ2v) is 5.68. The summed E-state index contributed by atoms with van der Waals surface area (Å²) in [6.07, 6.45) is 1.16. The van der Waals surface area contributed by atoms with E-state index in [4.69, 9.17) is 9.47 Å². The molecule has 0 aromatic heterocycles. The van der Waals surface area contributed by atoms with Crippen LogP contribution in [0.2, 0.25) is 0 Å². The van der Waals surface area contributed by atoms with Gasteiger partial charge in [0.15, 0.2) is 0 Å². The predicted octanol–water partition coefficient (Wildman–Crippen LogP) is 2.53. The van der Waals surface area contributed by atoms with Gasteiger partial charge in [0.05, 0.1) is 14.2 Å². The van der Waals surface area contributed by atoms with Crippen LogP contribution in [-0.4, -0.2) is 39.9 Å². The highest BCUT2D eigenvalue weighted by Crippen LogP contribution is 2.29. The zero-order valence-corrected chi connectivity index (χ0v) is 13.0. The number of anilines is 1. The first kappa shape index (κ1) is 15.0. The summed E-state index contributed by atoms with van der Waals surface area (Å²) in [7, 11) is 3.39. The topological polar surface area (TPSA) is 33.7 Å². The minimum absolute atomic E-state index is 0.523. The zero-order valence-electron chi connectivity index (χ0n) is 13.0. The summed E-state index contributed by atoms with van der Waals surface area (Å²) in [6.45, 7) is 7.71. The van der Waals surface area contributed by atoms with E-state index in [1.807, 2.05) is 6.07 Å². The Balaban J connectivity index is 2.24. The van der Waals surface area contributed by atoms with Gasteiger partial charge in [0.2, 0.25) is 0 Å². The zero-order chi connectivity index (χ0) is 14.5. The quantitative estimate of drug-likeness (QED) is 0.917. The third-order valence-electron chi connectivity index (χ3n) is 3.93. The molecule has 1 aromatic rings. The van der Waals surface area contributed by atoms with Gasteiger partial charge in [-0.15, -0.1) is 0 Å². The number of benzene rings is 1. The molecule has 1 fully saturated rings. The lowest BCUT2D eigenvalue weighted by Gasteiger charge is -2.29. The second-order valence-electron chi connectivity index (χ2n) is 5.68. The lowest BCUT2D eigenvalue weighted by molar-refractivity contribution is 0.393. The molecule has 0 amide bonds. The molecule has 1 aliphatic heterocycles. The summed E-state index contributed by atoms with van der Waals surface area (Å²) < 4.78 is 10.7. The van der Waals surface area contributed by atoms with E-state index < -0.39 is 0 Å². The van der Waals surface area contributed by atoms with Gasteiger partial charge in [0, 0.05) is 43.0 Å². The van der Waals surface area contributed by atoms with Crippen LogP contribution in [0.25, 0.3) is 0 Å². The van der Waals surface area contributed by atoms with Gasteiger partial charge in [0.1, 0.15) is 11.5 Å². The van der Waals surface area contributed by atoms with E-state index in [9.17, 15) is 0 Å². The van der Waals surface area contributed by atoms with E-state index in [0.717, 1.165) is 37.6 Å². The van der Waals surface area contributed by atoms with Gasteiger partial charge in [-0.05, 0) is 18.9 Å². The minimum Gasteiger partial charge on any atom is -0.497 e. The number of hydrogen-bond donors (Lipinski definition) is 1. The number of hydrogen-bond acceptors (Lipinski definition) is 4. The molecule has 0 aliphatic carbocycles. The first-order chi connectivity index (χ1) is 9.63. The Hall–Kier alpha value is -1.42. The highest BCUT2D eigenvalue weighted by atomic mass is 16.5. The van der Waals surface area contributed by atoms with Gasteiger partial charge >= 0.3 is 0 Å². The molecule has 0 spiro atoms. The molecule has 1 unspecified atom stereocenters. The average molecular weight is 278 g/mol. The van der Waals surface area contributed by atoms with Crippen molar-refractivity contribution in [2.45, 2.75) is 26.3 Å². The lowest BCUT2D eigenvalue weighted by atomic mass is 10.0. The van der Waals surface area contributed by atoms with Crippen LogP contribution in [0, 0.1) is 5.92 Å². The Morgan fingerprint density at radius 3 is 2.35 bits per heavy atom. The monoisotopic (exact) mass is 278 g/mol. The molecule has 4 nitrogen and oxygen atoms in total.